The van der Waals surface area contributed by atoms with Crippen molar-refractivity contribution in [2.24, 2.45) is 0 Å². The second-order valence-corrected chi connectivity index (χ2v) is 11.0. The van der Waals surface area contributed by atoms with E-state index in [0.717, 1.165) is 15.4 Å². The van der Waals surface area contributed by atoms with Gasteiger partial charge in [0.05, 0.1) is 10.6 Å². The van der Waals surface area contributed by atoms with Crippen LogP contribution in [0.4, 0.5) is 10.8 Å². The Morgan fingerprint density at radius 2 is 1.62 bits per heavy atom. The Morgan fingerprint density at radius 1 is 0.971 bits per heavy atom. The van der Waals surface area contributed by atoms with E-state index in [1.54, 1.807) is 18.2 Å². The number of sulfonamides is 1. The van der Waals surface area contributed by atoms with Crippen LogP contribution in [-0.4, -0.2) is 31.1 Å². The van der Waals surface area contributed by atoms with Crippen LogP contribution in [0.5, 0.6) is 0 Å². The zero-order valence-electron chi connectivity index (χ0n) is 17.8. The number of hydrogen-bond acceptors (Lipinski definition) is 6. The summed E-state index contributed by atoms with van der Waals surface area (Å²) in [5, 5.41) is 12.1. The van der Waals surface area contributed by atoms with Gasteiger partial charge in [0, 0.05) is 15.6 Å². The number of amides is 1. The van der Waals surface area contributed by atoms with Crippen molar-refractivity contribution in [2.75, 3.05) is 16.2 Å². The fraction of sp³-hybridized carbons (Fsp3) is 0.0870. The molecule has 11 heteroatoms. The molecule has 0 aliphatic heterocycles. The number of benzene rings is 3. The molecule has 0 unspecified atom stereocenters. The van der Waals surface area contributed by atoms with Gasteiger partial charge in [-0.15, -0.1) is 10.2 Å². The maximum absolute atomic E-state index is 13.4. The molecule has 34 heavy (non-hydrogen) atoms. The first-order valence-electron chi connectivity index (χ1n) is 9.97. The predicted molar refractivity (Wildman–Crippen MR) is 136 cm³/mol. The van der Waals surface area contributed by atoms with Crippen molar-refractivity contribution < 1.29 is 13.2 Å². The smallest absolute Gasteiger partial charge is 0.264 e. The van der Waals surface area contributed by atoms with Gasteiger partial charge in [-0.05, 0) is 37.3 Å². The lowest BCUT2D eigenvalue weighted by Gasteiger charge is -2.24. The minimum absolute atomic E-state index is 0.0245. The SMILES string of the molecule is Cc1ccc(-c2nnc(NC(=O)CN(c3cc(Cl)cc(Cl)c3)S(=O)(=O)c3ccccc3)s2)cc1. The van der Waals surface area contributed by atoms with Crippen molar-refractivity contribution in [1.29, 1.82) is 0 Å². The molecule has 0 saturated carbocycles. The monoisotopic (exact) mass is 532 g/mol. The highest BCUT2D eigenvalue weighted by atomic mass is 35.5. The average molecular weight is 533 g/mol. The van der Waals surface area contributed by atoms with Gasteiger partial charge in [-0.3, -0.25) is 14.4 Å². The van der Waals surface area contributed by atoms with Crippen LogP contribution in [0.1, 0.15) is 5.56 Å². The van der Waals surface area contributed by atoms with E-state index >= 15 is 0 Å². The van der Waals surface area contributed by atoms with E-state index in [-0.39, 0.29) is 25.8 Å². The number of hydrogen-bond donors (Lipinski definition) is 1. The molecule has 4 rings (SSSR count). The zero-order valence-corrected chi connectivity index (χ0v) is 20.9. The molecule has 1 aromatic heterocycles. The van der Waals surface area contributed by atoms with E-state index in [9.17, 15) is 13.2 Å². The van der Waals surface area contributed by atoms with E-state index in [4.69, 9.17) is 23.2 Å². The second kappa shape index (κ2) is 10.1. The zero-order chi connectivity index (χ0) is 24.3. The van der Waals surface area contributed by atoms with Gasteiger partial charge in [0.15, 0.2) is 0 Å². The molecule has 0 aliphatic carbocycles. The van der Waals surface area contributed by atoms with Gasteiger partial charge in [-0.2, -0.15) is 0 Å². The van der Waals surface area contributed by atoms with Crippen molar-refractivity contribution in [2.45, 2.75) is 11.8 Å². The van der Waals surface area contributed by atoms with Gasteiger partial charge in [-0.25, -0.2) is 8.42 Å². The van der Waals surface area contributed by atoms with E-state index in [1.165, 1.54) is 41.7 Å². The number of carbonyl (C=O) groups excluding carboxylic acids is 1. The molecule has 0 radical (unpaired) electrons. The molecule has 0 aliphatic rings. The summed E-state index contributed by atoms with van der Waals surface area (Å²) in [5.74, 6) is -0.595. The first-order valence-corrected chi connectivity index (χ1v) is 13.0. The van der Waals surface area contributed by atoms with Gasteiger partial charge in [0.25, 0.3) is 10.0 Å². The molecule has 1 N–H and O–H groups in total. The number of aryl methyl sites for hydroxylation is 1. The van der Waals surface area contributed by atoms with E-state index < -0.39 is 22.5 Å². The van der Waals surface area contributed by atoms with E-state index in [0.29, 0.717) is 5.01 Å². The fourth-order valence-electron chi connectivity index (χ4n) is 3.09. The minimum Gasteiger partial charge on any atom is -0.299 e. The fourth-order valence-corrected chi connectivity index (χ4v) is 5.80. The third-order valence-electron chi connectivity index (χ3n) is 4.72. The standard InChI is InChI=1S/C23H18Cl2N4O3S2/c1-15-7-9-16(10-8-15)22-27-28-23(33-22)26-21(30)14-29(19-12-17(24)11-18(25)13-19)34(31,32)20-5-3-2-4-6-20/h2-13H,14H2,1H3,(H,26,28,30). The molecule has 1 heterocycles. The highest BCUT2D eigenvalue weighted by Crippen LogP contribution is 2.30. The largest absolute Gasteiger partial charge is 0.299 e. The van der Waals surface area contributed by atoms with E-state index in [1.807, 2.05) is 31.2 Å². The number of aromatic nitrogens is 2. The summed E-state index contributed by atoms with van der Waals surface area (Å²) in [6.07, 6.45) is 0. The molecule has 0 atom stereocenters. The Kier molecular flexibility index (Phi) is 7.18. The lowest BCUT2D eigenvalue weighted by Crippen LogP contribution is -2.38. The Hall–Kier alpha value is -2.98. The van der Waals surface area contributed by atoms with E-state index in [2.05, 4.69) is 15.5 Å². The minimum atomic E-state index is -4.09. The van der Waals surface area contributed by atoms with Crippen molar-refractivity contribution >= 4 is 61.3 Å². The van der Waals surface area contributed by atoms with Crippen LogP contribution in [0.3, 0.4) is 0 Å². The summed E-state index contributed by atoms with van der Waals surface area (Å²) in [5.41, 5.74) is 2.14. The highest BCUT2D eigenvalue weighted by molar-refractivity contribution is 7.92. The summed E-state index contributed by atoms with van der Waals surface area (Å²) in [7, 11) is -4.09. The molecular weight excluding hydrogens is 515 g/mol. The van der Waals surface area contributed by atoms with Crippen LogP contribution < -0.4 is 9.62 Å². The van der Waals surface area contributed by atoms with Crippen molar-refractivity contribution in [1.82, 2.24) is 10.2 Å². The summed E-state index contributed by atoms with van der Waals surface area (Å²) < 4.78 is 27.7. The molecule has 3 aromatic carbocycles. The van der Waals surface area contributed by atoms with Crippen LogP contribution >= 0.6 is 34.5 Å². The number of anilines is 2. The molecule has 0 bridgehead atoms. The Balaban J connectivity index is 1.60. The Morgan fingerprint density at radius 3 is 2.26 bits per heavy atom. The van der Waals surface area contributed by atoms with Crippen LogP contribution in [0.15, 0.2) is 77.7 Å². The Labute approximate surface area is 211 Å². The molecule has 0 spiro atoms. The molecule has 7 nitrogen and oxygen atoms in total. The third-order valence-corrected chi connectivity index (χ3v) is 7.84. The van der Waals surface area contributed by atoms with Crippen LogP contribution in [0.2, 0.25) is 10.0 Å². The first-order chi connectivity index (χ1) is 16.2. The molecule has 0 saturated heterocycles. The third kappa shape index (κ3) is 5.56. The van der Waals surface area contributed by atoms with Gasteiger partial charge >= 0.3 is 0 Å². The maximum atomic E-state index is 13.4. The molecular formula is C23H18Cl2N4O3S2. The number of nitrogens with one attached hydrogen (secondary N) is 1. The van der Waals surface area contributed by atoms with Gasteiger partial charge in [0.1, 0.15) is 11.6 Å². The van der Waals surface area contributed by atoms with Crippen molar-refractivity contribution in [3.8, 4) is 10.6 Å². The number of carbonyl (C=O) groups is 1. The maximum Gasteiger partial charge on any atom is 0.264 e. The summed E-state index contributed by atoms with van der Waals surface area (Å²) in [4.78, 5) is 12.9. The normalized spacial score (nSPS) is 11.3. The number of halogens is 2. The molecule has 174 valence electrons. The van der Waals surface area contributed by atoms with Crippen LogP contribution in [0, 0.1) is 6.92 Å². The Bertz CT molecular complexity index is 1410. The number of nitrogens with zero attached hydrogens (tertiary/aromatic N) is 3. The first kappa shape index (κ1) is 24.2. The summed E-state index contributed by atoms with van der Waals surface area (Å²) in [6.45, 7) is 1.46. The lowest BCUT2D eigenvalue weighted by atomic mass is 10.2. The summed E-state index contributed by atoms with van der Waals surface area (Å²) in [6, 6.07) is 19.9. The number of rotatable bonds is 7. The molecule has 4 aromatic rings. The van der Waals surface area contributed by atoms with Crippen molar-refractivity contribution in [3.63, 3.8) is 0 Å². The second-order valence-electron chi connectivity index (χ2n) is 7.28. The van der Waals surface area contributed by atoms with Gasteiger partial charge < -0.3 is 0 Å². The molecule has 0 fully saturated rings. The highest BCUT2D eigenvalue weighted by Gasteiger charge is 2.28. The van der Waals surface area contributed by atoms with Crippen molar-refractivity contribution in [3.05, 3.63) is 88.4 Å². The summed E-state index contributed by atoms with van der Waals surface area (Å²) >= 11 is 13.4. The van der Waals surface area contributed by atoms with Gasteiger partial charge in [0.2, 0.25) is 11.0 Å². The van der Waals surface area contributed by atoms with Crippen LogP contribution in [0.25, 0.3) is 10.6 Å². The quantitative estimate of drug-likeness (QED) is 0.331. The van der Waals surface area contributed by atoms with Crippen LogP contribution in [-0.2, 0) is 14.8 Å². The van der Waals surface area contributed by atoms with Gasteiger partial charge in [-0.1, -0.05) is 82.6 Å². The lowest BCUT2D eigenvalue weighted by molar-refractivity contribution is -0.114. The topological polar surface area (TPSA) is 92.3 Å². The predicted octanol–water partition coefficient (Wildman–Crippen LogP) is 5.65. The molecule has 1 amide bonds. The average Bonchev–Trinajstić information content (AvgIpc) is 3.26.